The number of likely N-dealkylation sites (N-methyl/N-ethyl adjacent to an activating group) is 1. The SMILES string of the molecule is CNC(=O)Cc1cnc2ccccn12. The van der Waals surface area contributed by atoms with E-state index in [1.165, 1.54) is 0 Å². The monoisotopic (exact) mass is 189 g/mol. The molecule has 0 spiro atoms. The van der Waals surface area contributed by atoms with E-state index in [0.717, 1.165) is 11.3 Å². The van der Waals surface area contributed by atoms with E-state index in [1.807, 2.05) is 28.8 Å². The third kappa shape index (κ3) is 1.46. The fourth-order valence-corrected chi connectivity index (χ4v) is 1.37. The highest BCUT2D eigenvalue weighted by Crippen LogP contribution is 2.06. The summed E-state index contributed by atoms with van der Waals surface area (Å²) in [6, 6.07) is 5.75. The average Bonchev–Trinajstić information content (AvgIpc) is 2.62. The number of rotatable bonds is 2. The van der Waals surface area contributed by atoms with Gasteiger partial charge in [-0.05, 0) is 12.1 Å². The van der Waals surface area contributed by atoms with Crippen molar-refractivity contribution in [3.63, 3.8) is 0 Å². The molecule has 0 aliphatic carbocycles. The van der Waals surface area contributed by atoms with Crippen molar-refractivity contribution < 1.29 is 4.79 Å². The fourth-order valence-electron chi connectivity index (χ4n) is 1.37. The van der Waals surface area contributed by atoms with Crippen LogP contribution in [0.5, 0.6) is 0 Å². The highest BCUT2D eigenvalue weighted by atomic mass is 16.1. The number of pyridine rings is 1. The summed E-state index contributed by atoms with van der Waals surface area (Å²) in [5.41, 5.74) is 1.77. The number of hydrogen-bond donors (Lipinski definition) is 1. The zero-order valence-electron chi connectivity index (χ0n) is 7.90. The van der Waals surface area contributed by atoms with Gasteiger partial charge in [-0.2, -0.15) is 0 Å². The van der Waals surface area contributed by atoms with Gasteiger partial charge in [0.1, 0.15) is 5.65 Å². The Hall–Kier alpha value is -1.84. The Labute approximate surface area is 81.6 Å². The average molecular weight is 189 g/mol. The Morgan fingerprint density at radius 2 is 2.43 bits per heavy atom. The normalized spacial score (nSPS) is 10.4. The first-order valence-corrected chi connectivity index (χ1v) is 4.43. The van der Waals surface area contributed by atoms with Gasteiger partial charge in [-0.25, -0.2) is 4.98 Å². The first-order chi connectivity index (χ1) is 6.81. The third-order valence-electron chi connectivity index (χ3n) is 2.11. The van der Waals surface area contributed by atoms with E-state index in [-0.39, 0.29) is 5.91 Å². The van der Waals surface area contributed by atoms with Gasteiger partial charge in [0, 0.05) is 19.4 Å². The van der Waals surface area contributed by atoms with Crippen LogP contribution in [0.25, 0.3) is 5.65 Å². The van der Waals surface area contributed by atoms with Gasteiger partial charge in [-0.1, -0.05) is 6.07 Å². The number of amides is 1. The van der Waals surface area contributed by atoms with Crippen molar-refractivity contribution in [1.82, 2.24) is 14.7 Å². The van der Waals surface area contributed by atoms with Crippen LogP contribution in [0.2, 0.25) is 0 Å². The maximum Gasteiger partial charge on any atom is 0.225 e. The minimum Gasteiger partial charge on any atom is -0.359 e. The molecule has 14 heavy (non-hydrogen) atoms. The van der Waals surface area contributed by atoms with Crippen LogP contribution in [0.3, 0.4) is 0 Å². The summed E-state index contributed by atoms with van der Waals surface area (Å²) < 4.78 is 1.91. The molecule has 0 saturated heterocycles. The molecule has 0 aliphatic rings. The highest BCUT2D eigenvalue weighted by Gasteiger charge is 2.05. The molecule has 1 amide bonds. The number of aromatic nitrogens is 2. The number of nitrogens with zero attached hydrogens (tertiary/aromatic N) is 2. The maximum atomic E-state index is 11.2. The first kappa shape index (κ1) is 8.74. The largest absolute Gasteiger partial charge is 0.359 e. The number of carbonyl (C=O) groups excluding carboxylic acids is 1. The van der Waals surface area contributed by atoms with Crippen molar-refractivity contribution in [3.8, 4) is 0 Å². The minimum absolute atomic E-state index is 0.00402. The second-order valence-electron chi connectivity index (χ2n) is 3.03. The van der Waals surface area contributed by atoms with Gasteiger partial charge in [0.05, 0.1) is 12.1 Å². The van der Waals surface area contributed by atoms with Crippen molar-refractivity contribution in [2.45, 2.75) is 6.42 Å². The molecule has 1 N–H and O–H groups in total. The van der Waals surface area contributed by atoms with E-state index in [4.69, 9.17) is 0 Å². The molecular formula is C10H11N3O. The van der Waals surface area contributed by atoms with Crippen LogP contribution < -0.4 is 5.32 Å². The van der Waals surface area contributed by atoms with Gasteiger partial charge in [-0.15, -0.1) is 0 Å². The van der Waals surface area contributed by atoms with Gasteiger partial charge < -0.3 is 9.72 Å². The molecule has 0 atom stereocenters. The first-order valence-electron chi connectivity index (χ1n) is 4.43. The summed E-state index contributed by atoms with van der Waals surface area (Å²) in [7, 11) is 1.63. The van der Waals surface area contributed by atoms with Crippen molar-refractivity contribution in [2.75, 3.05) is 7.05 Å². The summed E-state index contributed by atoms with van der Waals surface area (Å²) in [6.07, 6.45) is 3.99. The van der Waals surface area contributed by atoms with Gasteiger partial charge in [0.25, 0.3) is 0 Å². The summed E-state index contributed by atoms with van der Waals surface area (Å²) in [5, 5.41) is 2.59. The van der Waals surface area contributed by atoms with Crippen molar-refractivity contribution in [3.05, 3.63) is 36.3 Å². The smallest absolute Gasteiger partial charge is 0.225 e. The van der Waals surface area contributed by atoms with E-state index in [0.29, 0.717) is 6.42 Å². The Bertz CT molecular complexity index is 461. The number of nitrogens with one attached hydrogen (secondary N) is 1. The summed E-state index contributed by atoms with van der Waals surface area (Å²) in [5.74, 6) is -0.00402. The Kier molecular flexibility index (Phi) is 2.18. The van der Waals surface area contributed by atoms with Crippen LogP contribution in [0, 0.1) is 0 Å². The molecule has 0 unspecified atom stereocenters. The molecule has 4 heteroatoms. The van der Waals surface area contributed by atoms with Crippen LogP contribution >= 0.6 is 0 Å². The van der Waals surface area contributed by atoms with Gasteiger partial charge in [-0.3, -0.25) is 4.79 Å². The van der Waals surface area contributed by atoms with Crippen LogP contribution in [0.15, 0.2) is 30.6 Å². The summed E-state index contributed by atoms with van der Waals surface area (Å²) >= 11 is 0. The van der Waals surface area contributed by atoms with Crippen LogP contribution in [-0.2, 0) is 11.2 Å². The molecule has 0 radical (unpaired) electrons. The predicted molar refractivity (Wildman–Crippen MR) is 53.0 cm³/mol. The number of imidazole rings is 1. The fraction of sp³-hybridized carbons (Fsp3) is 0.200. The van der Waals surface area contributed by atoms with Crippen molar-refractivity contribution in [2.24, 2.45) is 0 Å². The van der Waals surface area contributed by atoms with Crippen LogP contribution in [-0.4, -0.2) is 22.3 Å². The Morgan fingerprint density at radius 3 is 3.21 bits per heavy atom. The lowest BCUT2D eigenvalue weighted by atomic mass is 10.3. The van der Waals surface area contributed by atoms with Crippen molar-refractivity contribution in [1.29, 1.82) is 0 Å². The topological polar surface area (TPSA) is 46.4 Å². The second-order valence-corrected chi connectivity index (χ2v) is 3.03. The van der Waals surface area contributed by atoms with E-state index in [2.05, 4.69) is 10.3 Å². The lowest BCUT2D eigenvalue weighted by Crippen LogP contribution is -2.20. The molecule has 2 aromatic heterocycles. The quantitative estimate of drug-likeness (QED) is 0.752. The van der Waals surface area contributed by atoms with Crippen molar-refractivity contribution >= 4 is 11.6 Å². The molecule has 0 aliphatic heterocycles. The third-order valence-corrected chi connectivity index (χ3v) is 2.11. The number of carbonyl (C=O) groups is 1. The molecule has 2 rings (SSSR count). The highest BCUT2D eigenvalue weighted by molar-refractivity contribution is 5.78. The molecule has 4 nitrogen and oxygen atoms in total. The number of hydrogen-bond acceptors (Lipinski definition) is 2. The van der Waals surface area contributed by atoms with Crippen LogP contribution in [0.1, 0.15) is 5.69 Å². The molecular weight excluding hydrogens is 178 g/mol. The molecule has 0 aromatic carbocycles. The Morgan fingerprint density at radius 1 is 1.57 bits per heavy atom. The van der Waals surface area contributed by atoms with E-state index in [1.54, 1.807) is 13.2 Å². The molecule has 2 aromatic rings. The standard InChI is InChI=1S/C10H11N3O/c1-11-10(14)6-8-7-12-9-4-2-3-5-13(8)9/h2-5,7H,6H2,1H3,(H,11,14). The maximum absolute atomic E-state index is 11.2. The molecule has 0 fully saturated rings. The Balaban J connectivity index is 2.38. The summed E-state index contributed by atoms with van der Waals surface area (Å²) in [6.45, 7) is 0. The molecule has 0 saturated carbocycles. The minimum atomic E-state index is -0.00402. The van der Waals surface area contributed by atoms with Gasteiger partial charge in [0.15, 0.2) is 0 Å². The molecule has 0 bridgehead atoms. The van der Waals surface area contributed by atoms with Gasteiger partial charge in [0.2, 0.25) is 5.91 Å². The lowest BCUT2D eigenvalue weighted by Gasteiger charge is -1.99. The summed E-state index contributed by atoms with van der Waals surface area (Å²) in [4.78, 5) is 15.4. The number of fused-ring (bicyclic) bond motifs is 1. The lowest BCUT2D eigenvalue weighted by molar-refractivity contribution is -0.120. The predicted octanol–water partition coefficient (Wildman–Crippen LogP) is 0.623. The second kappa shape index (κ2) is 3.49. The van der Waals surface area contributed by atoms with E-state index < -0.39 is 0 Å². The molecule has 72 valence electrons. The molecule has 2 heterocycles. The van der Waals surface area contributed by atoms with Gasteiger partial charge >= 0.3 is 0 Å². The van der Waals surface area contributed by atoms with E-state index >= 15 is 0 Å². The van der Waals surface area contributed by atoms with E-state index in [9.17, 15) is 4.79 Å². The zero-order chi connectivity index (χ0) is 9.97. The van der Waals surface area contributed by atoms with Crippen LogP contribution in [0.4, 0.5) is 0 Å². The zero-order valence-corrected chi connectivity index (χ0v) is 7.90.